The molecule has 2 aromatic rings. The molecular weight excluding hydrogens is 398 g/mol. The second-order valence-corrected chi connectivity index (χ2v) is 6.45. The Morgan fingerprint density at radius 1 is 0.667 bits per heavy atom. The van der Waals surface area contributed by atoms with Crippen molar-refractivity contribution in [2.75, 3.05) is 13.1 Å². The van der Waals surface area contributed by atoms with E-state index in [-0.39, 0.29) is 15.9 Å². The molecule has 0 radical (unpaired) electrons. The van der Waals surface area contributed by atoms with Crippen LogP contribution in [-0.2, 0) is 28.8 Å². The van der Waals surface area contributed by atoms with Gasteiger partial charge in [-0.25, -0.2) is 0 Å². The van der Waals surface area contributed by atoms with E-state index in [4.69, 9.17) is 30.5 Å². The van der Waals surface area contributed by atoms with E-state index >= 15 is 0 Å². The first-order chi connectivity index (χ1) is 10.3. The zero-order valence-corrected chi connectivity index (χ0v) is 14.9. The van der Waals surface area contributed by atoms with Gasteiger partial charge in [0.1, 0.15) is 0 Å². The molecule has 2 aromatic carbocycles. The summed E-state index contributed by atoms with van der Waals surface area (Å²) in [7, 11) is 9.63. The van der Waals surface area contributed by atoms with Gasteiger partial charge in [-0.2, -0.15) is 0 Å². The molecule has 0 spiro atoms. The van der Waals surface area contributed by atoms with Gasteiger partial charge in [0.15, 0.2) is 0 Å². The molecule has 0 bridgehead atoms. The number of hydrogen-bond acceptors (Lipinski definition) is 2. The SMILES string of the molecule is NCCc1ccccc1.NCCc1ccccc1.[Cl][Pd][Cl]. The first kappa shape index (κ1) is 20.6. The van der Waals surface area contributed by atoms with Gasteiger partial charge in [0.2, 0.25) is 0 Å². The third kappa shape index (κ3) is 13.0. The van der Waals surface area contributed by atoms with Crippen molar-refractivity contribution in [3.63, 3.8) is 0 Å². The zero-order chi connectivity index (χ0) is 15.8. The Morgan fingerprint density at radius 3 is 1.19 bits per heavy atom. The molecule has 0 unspecified atom stereocenters. The van der Waals surface area contributed by atoms with E-state index in [1.807, 2.05) is 36.4 Å². The van der Waals surface area contributed by atoms with E-state index < -0.39 is 0 Å². The molecule has 0 aliphatic carbocycles. The first-order valence-corrected chi connectivity index (χ1v) is 10.6. The van der Waals surface area contributed by atoms with Crippen LogP contribution in [0.25, 0.3) is 0 Å². The van der Waals surface area contributed by atoms with Crippen molar-refractivity contribution >= 4 is 19.1 Å². The van der Waals surface area contributed by atoms with E-state index in [9.17, 15) is 0 Å². The second kappa shape index (κ2) is 16.0. The molecule has 0 heterocycles. The van der Waals surface area contributed by atoms with Gasteiger partial charge in [-0.15, -0.1) is 0 Å². The molecule has 0 saturated carbocycles. The molecule has 2 nitrogen and oxygen atoms in total. The van der Waals surface area contributed by atoms with Crippen molar-refractivity contribution in [3.05, 3.63) is 71.8 Å². The molecule has 0 aliphatic heterocycles. The number of nitrogens with two attached hydrogens (primary N) is 2. The van der Waals surface area contributed by atoms with Crippen LogP contribution in [0.3, 0.4) is 0 Å². The van der Waals surface area contributed by atoms with Crippen molar-refractivity contribution in [2.45, 2.75) is 12.8 Å². The topological polar surface area (TPSA) is 52.0 Å². The predicted molar refractivity (Wildman–Crippen MR) is 90.1 cm³/mol. The Bertz CT molecular complexity index is 385. The fourth-order valence-corrected chi connectivity index (χ4v) is 1.62. The molecule has 120 valence electrons. The van der Waals surface area contributed by atoms with Crippen molar-refractivity contribution in [2.24, 2.45) is 11.5 Å². The van der Waals surface area contributed by atoms with Crippen LogP contribution >= 0.6 is 19.1 Å². The van der Waals surface area contributed by atoms with Crippen molar-refractivity contribution < 1.29 is 15.9 Å². The van der Waals surface area contributed by atoms with Crippen LogP contribution in [0, 0.1) is 0 Å². The standard InChI is InChI=1S/2C8H11N.2ClH.Pd/c2*9-7-6-8-4-2-1-3-5-8;;;/h2*1-5H,6-7,9H2;2*1H;/q;;;;+2/p-2. The molecule has 5 heteroatoms. The second-order valence-electron chi connectivity index (χ2n) is 4.09. The molecule has 0 atom stereocenters. The van der Waals surface area contributed by atoms with E-state index in [2.05, 4.69) is 24.3 Å². The Balaban J connectivity index is 0.000000322. The summed E-state index contributed by atoms with van der Waals surface area (Å²) in [5.41, 5.74) is 13.4. The first-order valence-electron chi connectivity index (χ1n) is 6.58. The fraction of sp³-hybridized carbons (Fsp3) is 0.250. The Morgan fingerprint density at radius 2 is 0.952 bits per heavy atom. The minimum atomic E-state index is -0.106. The Labute approximate surface area is 143 Å². The number of halogens is 2. The van der Waals surface area contributed by atoms with Crippen LogP contribution in [0.4, 0.5) is 0 Å². The van der Waals surface area contributed by atoms with Gasteiger partial charge >= 0.3 is 35.0 Å². The van der Waals surface area contributed by atoms with Gasteiger partial charge in [-0.1, -0.05) is 60.7 Å². The Kier molecular flexibility index (Phi) is 15.7. The zero-order valence-electron chi connectivity index (χ0n) is 11.8. The van der Waals surface area contributed by atoms with Crippen LogP contribution in [0.2, 0.25) is 0 Å². The normalized spacial score (nSPS) is 9.14. The van der Waals surface area contributed by atoms with Crippen LogP contribution in [0.5, 0.6) is 0 Å². The summed E-state index contributed by atoms with van der Waals surface area (Å²) in [6, 6.07) is 20.5. The summed E-state index contributed by atoms with van der Waals surface area (Å²) in [6.07, 6.45) is 1.97. The van der Waals surface area contributed by atoms with E-state index in [0.29, 0.717) is 0 Å². The fourth-order valence-electron chi connectivity index (χ4n) is 1.62. The number of benzene rings is 2. The van der Waals surface area contributed by atoms with Gasteiger partial charge < -0.3 is 11.5 Å². The summed E-state index contributed by atoms with van der Waals surface area (Å²) < 4.78 is 0. The summed E-state index contributed by atoms with van der Waals surface area (Å²) in [4.78, 5) is 0. The molecule has 0 fully saturated rings. The molecule has 0 aliphatic rings. The average Bonchev–Trinajstić information content (AvgIpc) is 2.52. The van der Waals surface area contributed by atoms with Crippen LogP contribution in [0.15, 0.2) is 60.7 Å². The van der Waals surface area contributed by atoms with Gasteiger partial charge in [-0.3, -0.25) is 0 Å². The van der Waals surface area contributed by atoms with E-state index in [0.717, 1.165) is 25.9 Å². The van der Waals surface area contributed by atoms with Crippen LogP contribution < -0.4 is 11.5 Å². The van der Waals surface area contributed by atoms with Gasteiger partial charge in [0, 0.05) is 0 Å². The molecule has 4 N–H and O–H groups in total. The van der Waals surface area contributed by atoms with Crippen molar-refractivity contribution in [1.82, 2.24) is 0 Å². The maximum absolute atomic E-state index is 5.36. The number of hydrogen-bond donors (Lipinski definition) is 2. The minimum absolute atomic E-state index is 0.106. The molecule has 21 heavy (non-hydrogen) atoms. The summed E-state index contributed by atoms with van der Waals surface area (Å²) in [5, 5.41) is 0. The van der Waals surface area contributed by atoms with Crippen LogP contribution in [0.1, 0.15) is 11.1 Å². The molecule has 0 amide bonds. The van der Waals surface area contributed by atoms with Crippen molar-refractivity contribution in [3.8, 4) is 0 Å². The summed E-state index contributed by atoms with van der Waals surface area (Å²) >= 11 is -0.106. The summed E-state index contributed by atoms with van der Waals surface area (Å²) in [6.45, 7) is 1.48. The van der Waals surface area contributed by atoms with Gasteiger partial charge in [0.25, 0.3) is 0 Å². The molecule has 2 rings (SSSR count). The van der Waals surface area contributed by atoms with Gasteiger partial charge in [-0.05, 0) is 37.1 Å². The van der Waals surface area contributed by atoms with E-state index in [1.54, 1.807) is 0 Å². The molecular formula is C16H22Cl2N2Pd. The van der Waals surface area contributed by atoms with Crippen molar-refractivity contribution in [1.29, 1.82) is 0 Å². The van der Waals surface area contributed by atoms with E-state index in [1.165, 1.54) is 11.1 Å². The third-order valence-corrected chi connectivity index (χ3v) is 2.55. The predicted octanol–water partition coefficient (Wildman–Crippen LogP) is 3.75. The van der Waals surface area contributed by atoms with Crippen LogP contribution in [-0.4, -0.2) is 13.1 Å². The molecule has 0 saturated heterocycles. The number of rotatable bonds is 4. The van der Waals surface area contributed by atoms with Gasteiger partial charge in [0.05, 0.1) is 0 Å². The molecule has 0 aromatic heterocycles. The summed E-state index contributed by atoms with van der Waals surface area (Å²) in [5.74, 6) is 0. The third-order valence-electron chi connectivity index (χ3n) is 2.55. The maximum atomic E-state index is 5.36. The Hall–Kier alpha value is -0.398. The monoisotopic (exact) mass is 418 g/mol. The average molecular weight is 420 g/mol. The quantitative estimate of drug-likeness (QED) is 0.742.